The molecule has 2 aromatic carbocycles. The van der Waals surface area contributed by atoms with Crippen LogP contribution in [-0.2, 0) is 9.84 Å². The van der Waals surface area contributed by atoms with Gasteiger partial charge in [-0.15, -0.1) is 0 Å². The maximum Gasteiger partial charge on any atom is 0.257 e. The van der Waals surface area contributed by atoms with Crippen LogP contribution < -0.4 is 14.8 Å². The van der Waals surface area contributed by atoms with E-state index in [4.69, 9.17) is 21.1 Å². The van der Waals surface area contributed by atoms with E-state index in [1.807, 2.05) is 0 Å². The number of fused-ring (bicyclic) bond motifs is 1. The molecule has 1 aliphatic heterocycles. The molecule has 1 aromatic heterocycles. The number of ether oxygens (including phenoxy) is 2. The number of carbonyl (C=O) groups excluding carboxylic acids is 1. The summed E-state index contributed by atoms with van der Waals surface area (Å²) in [5, 5.41) is 3.00. The molecular formula is C20H15ClN2O5S. The third-order valence-electron chi connectivity index (χ3n) is 4.20. The van der Waals surface area contributed by atoms with E-state index >= 15 is 0 Å². The van der Waals surface area contributed by atoms with Gasteiger partial charge in [-0.3, -0.25) is 4.79 Å². The predicted octanol–water partition coefficient (Wildman–Crippen LogP) is 3.59. The number of benzene rings is 2. The number of aromatic nitrogens is 1. The third kappa shape index (κ3) is 4.03. The van der Waals surface area contributed by atoms with Crippen LogP contribution in [0, 0.1) is 0 Å². The molecule has 0 spiro atoms. The van der Waals surface area contributed by atoms with Crippen LogP contribution in [0.5, 0.6) is 11.5 Å². The topological polar surface area (TPSA) is 94.6 Å². The summed E-state index contributed by atoms with van der Waals surface area (Å²) in [6, 6.07) is 13.6. The van der Waals surface area contributed by atoms with Crippen LogP contribution in [-0.4, -0.2) is 32.5 Å². The second-order valence-electron chi connectivity index (χ2n) is 6.16. The second-order valence-corrected chi connectivity index (χ2v) is 8.49. The van der Waals surface area contributed by atoms with E-state index in [1.54, 1.807) is 18.2 Å². The Kier molecular flexibility index (Phi) is 5.12. The molecule has 0 saturated heterocycles. The molecule has 0 saturated carbocycles. The Morgan fingerprint density at radius 3 is 2.38 bits per heavy atom. The number of carbonyl (C=O) groups is 1. The third-order valence-corrected chi connectivity index (χ3v) is 6.13. The van der Waals surface area contributed by atoms with E-state index in [9.17, 15) is 13.2 Å². The smallest absolute Gasteiger partial charge is 0.257 e. The standard InChI is InChI=1S/C20H15ClN2O5S/c21-14-2-5-16(6-3-14)29(25,26)19-8-1-13(12-22-19)20(24)23-15-4-7-17-18(11-15)28-10-9-27-17/h1-8,11-12H,9-10H2,(H,23,24). The summed E-state index contributed by atoms with van der Waals surface area (Å²) in [6.07, 6.45) is 1.22. The maximum absolute atomic E-state index is 12.6. The van der Waals surface area contributed by atoms with E-state index in [-0.39, 0.29) is 15.5 Å². The van der Waals surface area contributed by atoms with Gasteiger partial charge < -0.3 is 14.8 Å². The zero-order chi connectivity index (χ0) is 20.4. The van der Waals surface area contributed by atoms with Crippen LogP contribution in [0.3, 0.4) is 0 Å². The zero-order valence-electron chi connectivity index (χ0n) is 15.0. The van der Waals surface area contributed by atoms with Crippen molar-refractivity contribution < 1.29 is 22.7 Å². The molecule has 3 aromatic rings. The molecule has 2 heterocycles. The van der Waals surface area contributed by atoms with Gasteiger partial charge in [0.25, 0.3) is 5.91 Å². The van der Waals surface area contributed by atoms with Gasteiger partial charge in [0.15, 0.2) is 16.5 Å². The fourth-order valence-electron chi connectivity index (χ4n) is 2.73. The molecule has 0 fully saturated rings. The first-order chi connectivity index (χ1) is 13.9. The molecule has 29 heavy (non-hydrogen) atoms. The summed E-state index contributed by atoms with van der Waals surface area (Å²) in [5.74, 6) is 0.744. The molecular weight excluding hydrogens is 416 g/mol. The number of hydrogen-bond acceptors (Lipinski definition) is 6. The molecule has 0 atom stereocenters. The summed E-state index contributed by atoms with van der Waals surface area (Å²) in [7, 11) is -3.80. The Balaban J connectivity index is 1.51. The maximum atomic E-state index is 12.6. The van der Waals surface area contributed by atoms with E-state index in [1.165, 1.54) is 42.6 Å². The quantitative estimate of drug-likeness (QED) is 0.679. The highest BCUT2D eigenvalue weighted by Crippen LogP contribution is 2.32. The van der Waals surface area contributed by atoms with E-state index < -0.39 is 15.7 Å². The molecule has 1 amide bonds. The minimum absolute atomic E-state index is 0.0721. The lowest BCUT2D eigenvalue weighted by Gasteiger charge is -2.19. The molecule has 148 valence electrons. The van der Waals surface area contributed by atoms with Gasteiger partial charge in [-0.1, -0.05) is 11.6 Å². The van der Waals surface area contributed by atoms with Crippen molar-refractivity contribution in [1.82, 2.24) is 4.98 Å². The highest BCUT2D eigenvalue weighted by molar-refractivity contribution is 7.91. The van der Waals surface area contributed by atoms with Crippen molar-refractivity contribution >= 4 is 33.0 Å². The minimum Gasteiger partial charge on any atom is -0.486 e. The zero-order valence-corrected chi connectivity index (χ0v) is 16.5. The van der Waals surface area contributed by atoms with Gasteiger partial charge in [0.1, 0.15) is 13.2 Å². The molecule has 7 nitrogen and oxygen atoms in total. The van der Waals surface area contributed by atoms with Crippen LogP contribution in [0.1, 0.15) is 10.4 Å². The number of halogens is 1. The van der Waals surface area contributed by atoms with Crippen molar-refractivity contribution in [2.45, 2.75) is 9.92 Å². The Bertz CT molecular complexity index is 1160. The van der Waals surface area contributed by atoms with Gasteiger partial charge >= 0.3 is 0 Å². The summed E-state index contributed by atoms with van der Waals surface area (Å²) >= 11 is 5.80. The fourth-order valence-corrected chi connectivity index (χ4v) is 4.03. The summed E-state index contributed by atoms with van der Waals surface area (Å²) < 4.78 is 36.2. The number of amides is 1. The molecule has 0 unspecified atom stereocenters. The van der Waals surface area contributed by atoms with Gasteiger partial charge in [0.2, 0.25) is 9.84 Å². The summed E-state index contributed by atoms with van der Waals surface area (Å²) in [6.45, 7) is 0.924. The lowest BCUT2D eigenvalue weighted by molar-refractivity contribution is 0.102. The summed E-state index contributed by atoms with van der Waals surface area (Å²) in [4.78, 5) is 16.5. The molecule has 9 heteroatoms. The van der Waals surface area contributed by atoms with Gasteiger partial charge in [-0.2, -0.15) is 0 Å². The lowest BCUT2D eigenvalue weighted by Crippen LogP contribution is -2.16. The number of anilines is 1. The number of nitrogens with one attached hydrogen (secondary N) is 1. The molecule has 1 aliphatic rings. The van der Waals surface area contributed by atoms with Crippen molar-refractivity contribution in [3.63, 3.8) is 0 Å². The fraction of sp³-hybridized carbons (Fsp3) is 0.100. The van der Waals surface area contributed by atoms with Gasteiger partial charge in [0, 0.05) is 23.0 Å². The Morgan fingerprint density at radius 1 is 0.966 bits per heavy atom. The first-order valence-corrected chi connectivity index (χ1v) is 10.5. The number of sulfone groups is 1. The van der Waals surface area contributed by atoms with Crippen LogP contribution in [0.25, 0.3) is 0 Å². The Labute approximate surface area is 172 Å². The van der Waals surface area contributed by atoms with Crippen molar-refractivity contribution in [1.29, 1.82) is 0 Å². The molecule has 0 radical (unpaired) electrons. The lowest BCUT2D eigenvalue weighted by atomic mass is 10.2. The van der Waals surface area contributed by atoms with E-state index in [2.05, 4.69) is 10.3 Å². The van der Waals surface area contributed by atoms with E-state index in [0.717, 1.165) is 0 Å². The Hall–Kier alpha value is -3.10. The van der Waals surface area contributed by atoms with Crippen molar-refractivity contribution in [3.8, 4) is 11.5 Å². The van der Waals surface area contributed by atoms with E-state index in [0.29, 0.717) is 35.4 Å². The number of pyridine rings is 1. The van der Waals surface area contributed by atoms with Crippen LogP contribution in [0.4, 0.5) is 5.69 Å². The number of rotatable bonds is 4. The first kappa shape index (κ1) is 19.2. The monoisotopic (exact) mass is 430 g/mol. The number of nitrogens with zero attached hydrogens (tertiary/aromatic N) is 1. The summed E-state index contributed by atoms with van der Waals surface area (Å²) in [5.41, 5.74) is 0.743. The van der Waals surface area contributed by atoms with Crippen molar-refractivity contribution in [3.05, 3.63) is 71.4 Å². The van der Waals surface area contributed by atoms with Gasteiger partial charge in [-0.05, 0) is 48.5 Å². The van der Waals surface area contributed by atoms with Crippen LogP contribution in [0.2, 0.25) is 5.02 Å². The molecule has 4 rings (SSSR count). The van der Waals surface area contributed by atoms with Crippen LogP contribution >= 0.6 is 11.6 Å². The normalized spacial score (nSPS) is 13.0. The van der Waals surface area contributed by atoms with Crippen molar-refractivity contribution in [2.75, 3.05) is 18.5 Å². The van der Waals surface area contributed by atoms with Crippen LogP contribution in [0.15, 0.2) is 70.7 Å². The highest BCUT2D eigenvalue weighted by Gasteiger charge is 2.20. The highest BCUT2D eigenvalue weighted by atomic mass is 35.5. The van der Waals surface area contributed by atoms with Gasteiger partial charge in [0.05, 0.1) is 10.5 Å². The average molecular weight is 431 g/mol. The molecule has 0 bridgehead atoms. The Morgan fingerprint density at radius 2 is 1.69 bits per heavy atom. The second kappa shape index (κ2) is 7.73. The van der Waals surface area contributed by atoms with Crippen molar-refractivity contribution in [2.24, 2.45) is 0 Å². The largest absolute Gasteiger partial charge is 0.486 e. The average Bonchev–Trinajstić information content (AvgIpc) is 2.74. The molecule has 0 aliphatic carbocycles. The minimum atomic E-state index is -3.80. The predicted molar refractivity (Wildman–Crippen MR) is 107 cm³/mol. The SMILES string of the molecule is O=C(Nc1ccc2c(c1)OCCO2)c1ccc(S(=O)(=O)c2ccc(Cl)cc2)nc1. The van der Waals surface area contributed by atoms with Gasteiger partial charge in [-0.25, -0.2) is 13.4 Å². The first-order valence-electron chi connectivity index (χ1n) is 8.61. The number of hydrogen-bond donors (Lipinski definition) is 1. The molecule has 1 N–H and O–H groups in total.